The summed E-state index contributed by atoms with van der Waals surface area (Å²) in [7, 11) is 0. The number of aromatic nitrogens is 1. The van der Waals surface area contributed by atoms with E-state index in [0.29, 0.717) is 6.61 Å². The van der Waals surface area contributed by atoms with Crippen LogP contribution in [0.25, 0.3) is 0 Å². The third-order valence-electron chi connectivity index (χ3n) is 3.22. The average molecular weight is 295 g/mol. The van der Waals surface area contributed by atoms with Gasteiger partial charge >= 0.3 is 0 Å². The van der Waals surface area contributed by atoms with Crippen molar-refractivity contribution in [3.05, 3.63) is 87.9 Å². The largest absolute Gasteiger partial charge is 0.362 e. The lowest BCUT2D eigenvalue weighted by molar-refractivity contribution is 0.0665. The quantitative estimate of drug-likeness (QED) is 0.677. The van der Waals surface area contributed by atoms with Crippen LogP contribution >= 0.6 is 11.3 Å². The van der Waals surface area contributed by atoms with Crippen molar-refractivity contribution in [1.29, 1.82) is 0 Å². The van der Waals surface area contributed by atoms with E-state index in [2.05, 4.69) is 34.6 Å². The molecule has 0 aliphatic rings. The van der Waals surface area contributed by atoms with E-state index < -0.39 is 0 Å². The van der Waals surface area contributed by atoms with Crippen molar-refractivity contribution in [2.45, 2.75) is 19.6 Å². The number of aryl methyl sites for hydroxylation is 1. The Morgan fingerprint density at radius 1 is 1.00 bits per heavy atom. The fourth-order valence-electron chi connectivity index (χ4n) is 2.18. The Labute approximate surface area is 129 Å². The number of benzene rings is 2. The summed E-state index contributed by atoms with van der Waals surface area (Å²) >= 11 is 1.65. The normalized spacial score (nSPS) is 12.2. The van der Waals surface area contributed by atoms with Crippen LogP contribution in [0.5, 0.6) is 0 Å². The molecule has 1 heterocycles. The Morgan fingerprint density at radius 2 is 1.67 bits per heavy atom. The molecule has 106 valence electrons. The Kier molecular flexibility index (Phi) is 4.43. The highest BCUT2D eigenvalue weighted by Crippen LogP contribution is 2.29. The first kappa shape index (κ1) is 14.0. The van der Waals surface area contributed by atoms with Gasteiger partial charge in [-0.3, -0.25) is 0 Å². The van der Waals surface area contributed by atoms with Crippen LogP contribution < -0.4 is 0 Å². The van der Waals surface area contributed by atoms with Crippen LogP contribution in [-0.2, 0) is 11.3 Å². The van der Waals surface area contributed by atoms with Crippen molar-refractivity contribution in [2.24, 2.45) is 0 Å². The highest BCUT2D eigenvalue weighted by molar-refractivity contribution is 7.09. The van der Waals surface area contributed by atoms with Crippen molar-refractivity contribution < 1.29 is 4.74 Å². The molecule has 3 heteroatoms. The molecule has 2 aromatic carbocycles. The molecular weight excluding hydrogens is 278 g/mol. The molecule has 0 radical (unpaired) electrons. The summed E-state index contributed by atoms with van der Waals surface area (Å²) in [5.74, 6) is 0. The second kappa shape index (κ2) is 6.66. The monoisotopic (exact) mass is 295 g/mol. The summed E-state index contributed by atoms with van der Waals surface area (Å²) < 4.78 is 6.16. The average Bonchev–Trinajstić information content (AvgIpc) is 2.96. The molecule has 2 nitrogen and oxygen atoms in total. The first-order valence-corrected chi connectivity index (χ1v) is 7.83. The van der Waals surface area contributed by atoms with Crippen LogP contribution in [0.15, 0.2) is 66.0 Å². The molecule has 0 bridgehead atoms. The Hall–Kier alpha value is -1.97. The number of nitrogens with zero attached hydrogens (tertiary/aromatic N) is 1. The molecule has 0 aliphatic carbocycles. The maximum Gasteiger partial charge on any atom is 0.134 e. The van der Waals surface area contributed by atoms with Gasteiger partial charge in [-0.15, -0.1) is 11.3 Å². The lowest BCUT2D eigenvalue weighted by Gasteiger charge is -2.16. The molecule has 0 amide bonds. The number of hydrogen-bond donors (Lipinski definition) is 0. The molecular formula is C18H17NOS. The van der Waals surface area contributed by atoms with E-state index in [1.807, 2.05) is 43.3 Å². The molecule has 0 saturated carbocycles. The fraction of sp³-hybridized carbons (Fsp3) is 0.167. The minimum absolute atomic E-state index is 0.106. The van der Waals surface area contributed by atoms with Gasteiger partial charge in [-0.2, -0.15) is 0 Å². The standard InChI is InChI=1S/C18H17NOS/c1-14-13-21-18(19-14)17(16-10-6-3-7-11-16)20-12-15-8-4-2-5-9-15/h2-11,13,17H,12H2,1H3. The lowest BCUT2D eigenvalue weighted by atomic mass is 10.1. The van der Waals surface area contributed by atoms with Crippen LogP contribution in [0.2, 0.25) is 0 Å². The van der Waals surface area contributed by atoms with Crippen molar-refractivity contribution in [1.82, 2.24) is 4.98 Å². The van der Waals surface area contributed by atoms with Crippen LogP contribution in [0.1, 0.15) is 27.9 Å². The van der Waals surface area contributed by atoms with Crippen molar-refractivity contribution >= 4 is 11.3 Å². The molecule has 3 rings (SSSR count). The Balaban J connectivity index is 1.83. The second-order valence-electron chi connectivity index (χ2n) is 4.91. The van der Waals surface area contributed by atoms with E-state index in [-0.39, 0.29) is 6.10 Å². The van der Waals surface area contributed by atoms with Gasteiger partial charge in [0.05, 0.1) is 6.61 Å². The molecule has 0 aliphatic heterocycles. The predicted molar refractivity (Wildman–Crippen MR) is 86.4 cm³/mol. The Bertz CT molecular complexity index is 679. The third kappa shape index (κ3) is 3.57. The number of ether oxygens (including phenoxy) is 1. The molecule has 0 fully saturated rings. The molecule has 3 aromatic rings. The predicted octanol–water partition coefficient (Wildman–Crippen LogP) is 4.76. The minimum atomic E-state index is -0.106. The van der Waals surface area contributed by atoms with Crippen molar-refractivity contribution in [3.8, 4) is 0 Å². The zero-order valence-electron chi connectivity index (χ0n) is 11.9. The van der Waals surface area contributed by atoms with Gasteiger partial charge in [-0.05, 0) is 18.1 Å². The van der Waals surface area contributed by atoms with E-state index in [4.69, 9.17) is 4.74 Å². The maximum atomic E-state index is 6.16. The molecule has 0 spiro atoms. The first-order chi connectivity index (χ1) is 10.3. The topological polar surface area (TPSA) is 22.1 Å². The van der Waals surface area contributed by atoms with Gasteiger partial charge in [0.25, 0.3) is 0 Å². The van der Waals surface area contributed by atoms with Gasteiger partial charge < -0.3 is 4.74 Å². The Morgan fingerprint density at radius 3 is 2.29 bits per heavy atom. The molecule has 0 saturated heterocycles. The van der Waals surface area contributed by atoms with E-state index >= 15 is 0 Å². The van der Waals surface area contributed by atoms with Gasteiger partial charge in [0, 0.05) is 11.1 Å². The molecule has 21 heavy (non-hydrogen) atoms. The summed E-state index contributed by atoms with van der Waals surface area (Å²) in [5, 5.41) is 3.08. The summed E-state index contributed by atoms with van der Waals surface area (Å²) in [6.07, 6.45) is -0.106. The van der Waals surface area contributed by atoms with Gasteiger partial charge in [0.2, 0.25) is 0 Å². The van der Waals surface area contributed by atoms with Crippen molar-refractivity contribution in [2.75, 3.05) is 0 Å². The summed E-state index contributed by atoms with van der Waals surface area (Å²) in [4.78, 5) is 4.59. The van der Waals surface area contributed by atoms with Crippen LogP contribution in [0.4, 0.5) is 0 Å². The zero-order chi connectivity index (χ0) is 14.5. The maximum absolute atomic E-state index is 6.16. The van der Waals surface area contributed by atoms with E-state index in [1.54, 1.807) is 11.3 Å². The summed E-state index contributed by atoms with van der Waals surface area (Å²) in [6, 6.07) is 20.5. The van der Waals surface area contributed by atoms with Crippen LogP contribution in [-0.4, -0.2) is 4.98 Å². The lowest BCUT2D eigenvalue weighted by Crippen LogP contribution is -2.06. The highest BCUT2D eigenvalue weighted by atomic mass is 32.1. The van der Waals surface area contributed by atoms with Crippen molar-refractivity contribution in [3.63, 3.8) is 0 Å². The minimum Gasteiger partial charge on any atom is -0.362 e. The van der Waals surface area contributed by atoms with Gasteiger partial charge in [0.1, 0.15) is 11.1 Å². The summed E-state index contributed by atoms with van der Waals surface area (Å²) in [5.41, 5.74) is 3.36. The second-order valence-corrected chi connectivity index (χ2v) is 5.80. The third-order valence-corrected chi connectivity index (χ3v) is 4.23. The highest BCUT2D eigenvalue weighted by Gasteiger charge is 2.18. The summed E-state index contributed by atoms with van der Waals surface area (Å²) in [6.45, 7) is 2.60. The molecule has 0 N–H and O–H groups in total. The smallest absolute Gasteiger partial charge is 0.134 e. The van der Waals surface area contributed by atoms with E-state index in [1.165, 1.54) is 5.56 Å². The van der Waals surface area contributed by atoms with Crippen LogP contribution in [0, 0.1) is 6.92 Å². The number of hydrogen-bond acceptors (Lipinski definition) is 3. The van der Waals surface area contributed by atoms with Gasteiger partial charge in [-0.25, -0.2) is 4.98 Å². The number of thiazole rings is 1. The SMILES string of the molecule is Cc1csc(C(OCc2ccccc2)c2ccccc2)n1. The zero-order valence-corrected chi connectivity index (χ0v) is 12.7. The fourth-order valence-corrected chi connectivity index (χ4v) is 3.05. The van der Waals surface area contributed by atoms with Gasteiger partial charge in [-0.1, -0.05) is 60.7 Å². The van der Waals surface area contributed by atoms with E-state index in [0.717, 1.165) is 16.3 Å². The molecule has 1 aromatic heterocycles. The van der Waals surface area contributed by atoms with Gasteiger partial charge in [0.15, 0.2) is 0 Å². The molecule has 1 atom stereocenters. The number of rotatable bonds is 5. The van der Waals surface area contributed by atoms with E-state index in [9.17, 15) is 0 Å². The first-order valence-electron chi connectivity index (χ1n) is 6.95. The van der Waals surface area contributed by atoms with Crippen LogP contribution in [0.3, 0.4) is 0 Å². The molecule has 1 unspecified atom stereocenters.